The van der Waals surface area contributed by atoms with Crippen LogP contribution in [0.25, 0.3) is 10.9 Å². The summed E-state index contributed by atoms with van der Waals surface area (Å²) in [6.45, 7) is 2.83. The van der Waals surface area contributed by atoms with E-state index in [1.807, 2.05) is 6.20 Å². The maximum Gasteiger partial charge on any atom is 0.0572 e. The molecular weight excluding hydrogens is 176 g/mol. The molecule has 14 heavy (non-hydrogen) atoms. The Morgan fingerprint density at radius 1 is 1.43 bits per heavy atom. The Kier molecular flexibility index (Phi) is 2.52. The molecule has 0 saturated carbocycles. The van der Waals surface area contributed by atoms with Crippen LogP contribution in [0.4, 0.5) is 0 Å². The number of hydrogen-bond acceptors (Lipinski definition) is 2. The van der Waals surface area contributed by atoms with Gasteiger partial charge >= 0.3 is 0 Å². The number of aromatic amines is 1. The van der Waals surface area contributed by atoms with Crippen LogP contribution >= 0.6 is 0 Å². The lowest BCUT2D eigenvalue weighted by atomic mass is 10.1. The van der Waals surface area contributed by atoms with E-state index in [1.54, 1.807) is 7.11 Å². The minimum Gasteiger partial charge on any atom is -0.361 e. The van der Waals surface area contributed by atoms with Gasteiger partial charge in [-0.3, -0.25) is 0 Å². The van der Waals surface area contributed by atoms with E-state index in [2.05, 4.69) is 35.6 Å². The van der Waals surface area contributed by atoms with E-state index >= 15 is 0 Å². The van der Waals surface area contributed by atoms with Gasteiger partial charge in [0.05, 0.1) is 7.11 Å². The van der Waals surface area contributed by atoms with Crippen LogP contribution in [0, 0.1) is 6.92 Å². The molecular formula is C11H14N2O. The largest absolute Gasteiger partial charge is 0.361 e. The monoisotopic (exact) mass is 190 g/mol. The quantitative estimate of drug-likeness (QED) is 0.727. The molecule has 0 aliphatic heterocycles. The van der Waals surface area contributed by atoms with Crippen LogP contribution in [0.3, 0.4) is 0 Å². The summed E-state index contributed by atoms with van der Waals surface area (Å²) in [5.41, 5.74) is 6.55. The molecule has 0 amide bonds. The highest BCUT2D eigenvalue weighted by molar-refractivity contribution is 5.85. The third-order valence-electron chi connectivity index (χ3n) is 2.42. The number of hydrogen-bond donors (Lipinski definition) is 2. The maximum absolute atomic E-state index is 4.83. The summed E-state index contributed by atoms with van der Waals surface area (Å²) in [7, 11) is 1.63. The van der Waals surface area contributed by atoms with E-state index in [9.17, 15) is 0 Å². The summed E-state index contributed by atoms with van der Waals surface area (Å²) >= 11 is 0. The zero-order valence-electron chi connectivity index (χ0n) is 8.42. The van der Waals surface area contributed by atoms with Gasteiger partial charge in [-0.2, -0.15) is 5.48 Å². The van der Waals surface area contributed by atoms with E-state index in [-0.39, 0.29) is 0 Å². The van der Waals surface area contributed by atoms with Crippen molar-refractivity contribution >= 4 is 10.9 Å². The smallest absolute Gasteiger partial charge is 0.0572 e. The number of nitrogens with one attached hydrogen (secondary N) is 2. The first-order chi connectivity index (χ1) is 6.83. The fourth-order valence-electron chi connectivity index (χ4n) is 1.66. The van der Waals surface area contributed by atoms with Gasteiger partial charge in [-0.25, -0.2) is 0 Å². The van der Waals surface area contributed by atoms with Gasteiger partial charge in [-0.15, -0.1) is 0 Å². The molecule has 2 rings (SSSR count). The Balaban J connectivity index is 2.42. The molecule has 2 N–H and O–H groups in total. The molecule has 1 aromatic heterocycles. The number of fused-ring (bicyclic) bond motifs is 1. The zero-order chi connectivity index (χ0) is 9.97. The molecule has 0 radical (unpaired) electrons. The average molecular weight is 190 g/mol. The highest BCUT2D eigenvalue weighted by Crippen LogP contribution is 2.20. The van der Waals surface area contributed by atoms with Crippen molar-refractivity contribution in [2.45, 2.75) is 13.5 Å². The fraction of sp³-hybridized carbons (Fsp3) is 0.273. The lowest BCUT2D eigenvalue weighted by Gasteiger charge is -2.00. The van der Waals surface area contributed by atoms with Crippen LogP contribution in [-0.4, -0.2) is 12.1 Å². The van der Waals surface area contributed by atoms with E-state index in [0.29, 0.717) is 0 Å². The predicted octanol–water partition coefficient (Wildman–Crippen LogP) is 2.13. The van der Waals surface area contributed by atoms with Crippen LogP contribution < -0.4 is 5.48 Å². The standard InChI is InChI=1S/C11H14N2O/c1-8-4-3-5-10-9(7-13-14-2)6-12-11(8)10/h3-6,12-13H,7H2,1-2H3. The van der Waals surface area contributed by atoms with Crippen molar-refractivity contribution in [1.29, 1.82) is 0 Å². The number of H-pyrrole nitrogens is 1. The van der Waals surface area contributed by atoms with Crippen molar-refractivity contribution in [3.8, 4) is 0 Å². The Morgan fingerprint density at radius 2 is 2.29 bits per heavy atom. The SMILES string of the molecule is CONCc1c[nH]c2c(C)cccc12. The molecule has 1 heterocycles. The van der Waals surface area contributed by atoms with Crippen LogP contribution in [0.1, 0.15) is 11.1 Å². The van der Waals surface area contributed by atoms with Crippen molar-refractivity contribution in [3.63, 3.8) is 0 Å². The molecule has 0 atom stereocenters. The van der Waals surface area contributed by atoms with Gasteiger partial charge in [-0.1, -0.05) is 18.2 Å². The molecule has 3 heteroatoms. The van der Waals surface area contributed by atoms with Crippen molar-refractivity contribution in [3.05, 3.63) is 35.5 Å². The number of rotatable bonds is 3. The highest BCUT2D eigenvalue weighted by atomic mass is 16.6. The second-order valence-corrected chi connectivity index (χ2v) is 3.34. The van der Waals surface area contributed by atoms with E-state index in [0.717, 1.165) is 6.54 Å². The number of aromatic nitrogens is 1. The summed E-state index contributed by atoms with van der Waals surface area (Å²) in [4.78, 5) is 8.10. The fourth-order valence-corrected chi connectivity index (χ4v) is 1.66. The second kappa shape index (κ2) is 3.82. The van der Waals surface area contributed by atoms with Crippen LogP contribution in [0.2, 0.25) is 0 Å². The molecule has 2 aromatic rings. The summed E-state index contributed by atoms with van der Waals surface area (Å²) in [6, 6.07) is 6.29. The molecule has 0 unspecified atom stereocenters. The molecule has 74 valence electrons. The number of benzene rings is 1. The lowest BCUT2D eigenvalue weighted by molar-refractivity contribution is 0.0870. The first kappa shape index (κ1) is 9.24. The summed E-state index contributed by atoms with van der Waals surface area (Å²) in [5, 5.41) is 1.26. The average Bonchev–Trinajstić information content (AvgIpc) is 2.60. The Morgan fingerprint density at radius 3 is 3.07 bits per heavy atom. The predicted molar refractivity (Wildman–Crippen MR) is 56.9 cm³/mol. The van der Waals surface area contributed by atoms with E-state index in [1.165, 1.54) is 22.0 Å². The summed E-state index contributed by atoms with van der Waals surface area (Å²) < 4.78 is 0. The topological polar surface area (TPSA) is 37.0 Å². The van der Waals surface area contributed by atoms with Crippen LogP contribution in [0.5, 0.6) is 0 Å². The Hall–Kier alpha value is -1.32. The summed E-state index contributed by atoms with van der Waals surface area (Å²) in [5.74, 6) is 0. The highest BCUT2D eigenvalue weighted by Gasteiger charge is 2.03. The van der Waals surface area contributed by atoms with Crippen LogP contribution in [0.15, 0.2) is 24.4 Å². The lowest BCUT2D eigenvalue weighted by Crippen LogP contribution is -2.10. The van der Waals surface area contributed by atoms with Crippen molar-refractivity contribution < 1.29 is 4.84 Å². The molecule has 0 aliphatic carbocycles. The molecule has 0 fully saturated rings. The third kappa shape index (κ3) is 1.52. The maximum atomic E-state index is 4.83. The van der Waals surface area contributed by atoms with Gasteiger partial charge < -0.3 is 9.82 Å². The minimum atomic E-state index is 0.722. The minimum absolute atomic E-state index is 0.722. The van der Waals surface area contributed by atoms with Crippen molar-refractivity contribution in [2.75, 3.05) is 7.11 Å². The van der Waals surface area contributed by atoms with Crippen molar-refractivity contribution in [1.82, 2.24) is 10.5 Å². The zero-order valence-corrected chi connectivity index (χ0v) is 8.42. The number of hydroxylamine groups is 1. The first-order valence-electron chi connectivity index (χ1n) is 4.64. The van der Waals surface area contributed by atoms with E-state index in [4.69, 9.17) is 4.84 Å². The van der Waals surface area contributed by atoms with Gasteiger partial charge in [-0.05, 0) is 18.1 Å². The van der Waals surface area contributed by atoms with Crippen LogP contribution in [-0.2, 0) is 11.4 Å². The summed E-state index contributed by atoms with van der Waals surface area (Å²) in [6.07, 6.45) is 2.02. The number of aryl methyl sites for hydroxylation is 1. The Bertz CT molecular complexity index is 434. The van der Waals surface area contributed by atoms with Gasteiger partial charge in [0.1, 0.15) is 0 Å². The van der Waals surface area contributed by atoms with E-state index < -0.39 is 0 Å². The van der Waals surface area contributed by atoms with Gasteiger partial charge in [0, 0.05) is 23.6 Å². The van der Waals surface area contributed by atoms with Gasteiger partial charge in [0.2, 0.25) is 0 Å². The van der Waals surface area contributed by atoms with Gasteiger partial charge in [0.15, 0.2) is 0 Å². The first-order valence-corrected chi connectivity index (χ1v) is 4.64. The Labute approximate surface area is 83.0 Å². The molecule has 1 aromatic carbocycles. The molecule has 0 aliphatic rings. The molecule has 3 nitrogen and oxygen atoms in total. The molecule has 0 bridgehead atoms. The third-order valence-corrected chi connectivity index (χ3v) is 2.42. The molecule has 0 saturated heterocycles. The normalized spacial score (nSPS) is 11.0. The van der Waals surface area contributed by atoms with Crippen molar-refractivity contribution in [2.24, 2.45) is 0 Å². The van der Waals surface area contributed by atoms with Gasteiger partial charge in [0.25, 0.3) is 0 Å². The second-order valence-electron chi connectivity index (χ2n) is 3.34. The number of para-hydroxylation sites is 1. The molecule has 0 spiro atoms.